The second-order valence-corrected chi connectivity index (χ2v) is 7.15. The molecule has 1 aromatic heterocycles. The Balaban J connectivity index is 1.28. The maximum absolute atomic E-state index is 12.9. The van der Waals surface area contributed by atoms with Crippen molar-refractivity contribution in [3.8, 4) is 17.2 Å². The zero-order chi connectivity index (χ0) is 20.9. The molecule has 1 saturated heterocycles. The second-order valence-electron chi connectivity index (χ2n) is 7.15. The fraction of sp³-hybridized carbons (Fsp3) is 0.318. The van der Waals surface area contributed by atoms with E-state index in [-0.39, 0.29) is 24.4 Å². The minimum Gasteiger partial charge on any atom is -0.484 e. The molecule has 1 amide bonds. The topological polar surface area (TPSA) is 71.7 Å². The molecule has 1 aliphatic rings. The van der Waals surface area contributed by atoms with Gasteiger partial charge in [0.15, 0.2) is 6.61 Å². The molecule has 0 N–H and O–H groups in total. The van der Waals surface area contributed by atoms with E-state index in [9.17, 15) is 9.18 Å². The van der Waals surface area contributed by atoms with Gasteiger partial charge in [-0.25, -0.2) is 4.39 Å². The lowest BCUT2D eigenvalue weighted by Gasteiger charge is -2.36. The van der Waals surface area contributed by atoms with Gasteiger partial charge in [-0.15, -0.1) is 10.2 Å². The number of carbonyl (C=O) groups excluding carboxylic acids is 1. The number of piperazine rings is 1. The van der Waals surface area contributed by atoms with Gasteiger partial charge in [0.1, 0.15) is 11.6 Å². The Morgan fingerprint density at radius 1 is 1.07 bits per heavy atom. The molecule has 1 aliphatic heterocycles. The number of rotatable bonds is 6. The summed E-state index contributed by atoms with van der Waals surface area (Å²) >= 11 is 0. The van der Waals surface area contributed by atoms with E-state index in [1.807, 2.05) is 37.3 Å². The molecule has 1 atom stereocenters. The Kier molecular flexibility index (Phi) is 6.04. The lowest BCUT2D eigenvalue weighted by molar-refractivity contribution is -0.135. The van der Waals surface area contributed by atoms with Gasteiger partial charge in [0, 0.05) is 31.7 Å². The summed E-state index contributed by atoms with van der Waals surface area (Å²) in [5, 5.41) is 8.36. The zero-order valence-electron chi connectivity index (χ0n) is 16.7. The van der Waals surface area contributed by atoms with Crippen molar-refractivity contribution in [1.82, 2.24) is 20.0 Å². The summed E-state index contributed by atoms with van der Waals surface area (Å²) in [5.41, 5.74) is 0.889. The summed E-state index contributed by atoms with van der Waals surface area (Å²) in [7, 11) is 0. The molecular formula is C22H23FN4O3. The quantitative estimate of drug-likeness (QED) is 0.622. The standard InChI is InChI=1S/C22H23FN4O3/c1-16(21-24-25-22(30-21)17-5-3-2-4-6-17)26-11-13-27(14-12-26)20(28)15-29-19-9-7-18(23)8-10-19/h2-10,16H,11-15H2,1H3. The second kappa shape index (κ2) is 9.04. The van der Waals surface area contributed by atoms with Crippen LogP contribution in [0.4, 0.5) is 4.39 Å². The molecule has 2 heterocycles. The van der Waals surface area contributed by atoms with Crippen LogP contribution in [0.1, 0.15) is 18.9 Å². The van der Waals surface area contributed by atoms with Gasteiger partial charge in [0.05, 0.1) is 6.04 Å². The van der Waals surface area contributed by atoms with Gasteiger partial charge >= 0.3 is 0 Å². The van der Waals surface area contributed by atoms with Crippen LogP contribution in [-0.2, 0) is 4.79 Å². The number of amides is 1. The Morgan fingerprint density at radius 2 is 1.77 bits per heavy atom. The molecule has 3 aromatic rings. The van der Waals surface area contributed by atoms with Gasteiger partial charge in [0.25, 0.3) is 5.91 Å². The van der Waals surface area contributed by atoms with Crippen LogP contribution in [0.5, 0.6) is 5.75 Å². The van der Waals surface area contributed by atoms with Crippen LogP contribution in [0.25, 0.3) is 11.5 Å². The van der Waals surface area contributed by atoms with Crippen LogP contribution in [0, 0.1) is 5.82 Å². The molecule has 0 saturated carbocycles. The Labute approximate surface area is 174 Å². The van der Waals surface area contributed by atoms with Gasteiger partial charge in [0.2, 0.25) is 11.8 Å². The first kappa shape index (κ1) is 20.0. The average Bonchev–Trinajstić information content (AvgIpc) is 3.29. The fourth-order valence-corrected chi connectivity index (χ4v) is 3.38. The Hall–Kier alpha value is -3.26. The fourth-order valence-electron chi connectivity index (χ4n) is 3.38. The molecule has 8 heteroatoms. The smallest absolute Gasteiger partial charge is 0.260 e. The van der Waals surface area contributed by atoms with E-state index in [0.717, 1.165) is 5.56 Å². The summed E-state index contributed by atoms with van der Waals surface area (Å²) in [6, 6.07) is 15.3. The molecule has 156 valence electrons. The normalized spacial score (nSPS) is 15.7. The molecule has 30 heavy (non-hydrogen) atoms. The third-order valence-corrected chi connectivity index (χ3v) is 5.21. The van der Waals surface area contributed by atoms with Gasteiger partial charge < -0.3 is 14.1 Å². The van der Waals surface area contributed by atoms with E-state index in [1.165, 1.54) is 24.3 Å². The number of hydrogen-bond acceptors (Lipinski definition) is 6. The molecule has 0 radical (unpaired) electrons. The first-order valence-corrected chi connectivity index (χ1v) is 9.89. The van der Waals surface area contributed by atoms with Crippen molar-refractivity contribution >= 4 is 5.91 Å². The first-order chi connectivity index (χ1) is 14.6. The summed E-state index contributed by atoms with van der Waals surface area (Å²) < 4.78 is 24.3. The predicted octanol–water partition coefficient (Wildman–Crippen LogP) is 3.16. The highest BCUT2D eigenvalue weighted by Gasteiger charge is 2.27. The van der Waals surface area contributed by atoms with Crippen LogP contribution < -0.4 is 4.74 Å². The van der Waals surface area contributed by atoms with E-state index >= 15 is 0 Å². The van der Waals surface area contributed by atoms with Gasteiger partial charge in [-0.05, 0) is 43.3 Å². The van der Waals surface area contributed by atoms with E-state index in [0.29, 0.717) is 43.7 Å². The van der Waals surface area contributed by atoms with Crippen LogP contribution >= 0.6 is 0 Å². The summed E-state index contributed by atoms with van der Waals surface area (Å²) in [5.74, 6) is 1.12. The highest BCUT2D eigenvalue weighted by Crippen LogP contribution is 2.24. The number of carbonyl (C=O) groups is 1. The highest BCUT2D eigenvalue weighted by atomic mass is 19.1. The Bertz CT molecular complexity index is 970. The first-order valence-electron chi connectivity index (χ1n) is 9.89. The minimum atomic E-state index is -0.337. The molecule has 0 bridgehead atoms. The third kappa shape index (κ3) is 4.65. The number of benzene rings is 2. The SMILES string of the molecule is CC(c1nnc(-c2ccccc2)o1)N1CCN(C(=O)COc2ccc(F)cc2)CC1. The largest absolute Gasteiger partial charge is 0.484 e. The molecule has 1 unspecified atom stereocenters. The van der Waals surface area contributed by atoms with Crippen LogP contribution in [-0.4, -0.2) is 58.7 Å². The molecular weight excluding hydrogens is 387 g/mol. The maximum Gasteiger partial charge on any atom is 0.260 e. The van der Waals surface area contributed by atoms with E-state index in [4.69, 9.17) is 9.15 Å². The number of hydrogen-bond donors (Lipinski definition) is 0. The zero-order valence-corrected chi connectivity index (χ0v) is 16.7. The summed E-state index contributed by atoms with van der Waals surface area (Å²) in [6.07, 6.45) is 0. The van der Waals surface area contributed by atoms with E-state index < -0.39 is 0 Å². The Morgan fingerprint density at radius 3 is 2.47 bits per heavy atom. The summed E-state index contributed by atoms with van der Waals surface area (Å²) in [6.45, 7) is 4.55. The van der Waals surface area contributed by atoms with Crippen molar-refractivity contribution in [2.24, 2.45) is 0 Å². The van der Waals surface area contributed by atoms with Crippen LogP contribution in [0.15, 0.2) is 59.0 Å². The molecule has 0 aliphatic carbocycles. The molecule has 2 aromatic carbocycles. The highest BCUT2D eigenvalue weighted by molar-refractivity contribution is 5.77. The van der Waals surface area contributed by atoms with Crippen molar-refractivity contribution in [1.29, 1.82) is 0 Å². The van der Waals surface area contributed by atoms with E-state index in [1.54, 1.807) is 4.90 Å². The van der Waals surface area contributed by atoms with Gasteiger partial charge in [-0.3, -0.25) is 9.69 Å². The molecule has 1 fully saturated rings. The molecule has 7 nitrogen and oxygen atoms in total. The van der Waals surface area contributed by atoms with Crippen molar-refractivity contribution < 1.29 is 18.3 Å². The average molecular weight is 410 g/mol. The number of nitrogens with zero attached hydrogens (tertiary/aromatic N) is 4. The summed E-state index contributed by atoms with van der Waals surface area (Å²) in [4.78, 5) is 16.4. The van der Waals surface area contributed by atoms with Gasteiger partial charge in [-0.2, -0.15) is 0 Å². The maximum atomic E-state index is 12.9. The molecule has 4 rings (SSSR count). The van der Waals surface area contributed by atoms with Crippen molar-refractivity contribution in [3.63, 3.8) is 0 Å². The van der Waals surface area contributed by atoms with E-state index in [2.05, 4.69) is 15.1 Å². The third-order valence-electron chi connectivity index (χ3n) is 5.21. The monoisotopic (exact) mass is 410 g/mol. The van der Waals surface area contributed by atoms with Gasteiger partial charge in [-0.1, -0.05) is 18.2 Å². The van der Waals surface area contributed by atoms with Crippen LogP contribution in [0.2, 0.25) is 0 Å². The molecule has 0 spiro atoms. The predicted molar refractivity (Wildman–Crippen MR) is 108 cm³/mol. The van der Waals surface area contributed by atoms with Crippen molar-refractivity contribution in [2.75, 3.05) is 32.8 Å². The minimum absolute atomic E-state index is 0.0392. The van der Waals surface area contributed by atoms with Crippen molar-refractivity contribution in [2.45, 2.75) is 13.0 Å². The number of halogens is 1. The number of ether oxygens (including phenoxy) is 1. The van der Waals surface area contributed by atoms with Crippen molar-refractivity contribution in [3.05, 3.63) is 66.3 Å². The lowest BCUT2D eigenvalue weighted by atomic mass is 10.2. The van der Waals surface area contributed by atoms with Crippen LogP contribution in [0.3, 0.4) is 0 Å². The number of aromatic nitrogens is 2. The lowest BCUT2D eigenvalue weighted by Crippen LogP contribution is -2.50.